The molecule has 0 amide bonds. The summed E-state index contributed by atoms with van der Waals surface area (Å²) in [6.07, 6.45) is 1.57. The molecule has 16 heavy (non-hydrogen) atoms. The highest BCUT2D eigenvalue weighted by molar-refractivity contribution is 9.10. The Morgan fingerprint density at radius 2 is 1.81 bits per heavy atom. The highest BCUT2D eigenvalue weighted by atomic mass is 79.9. The van der Waals surface area contributed by atoms with Crippen LogP contribution in [0.25, 0.3) is 11.4 Å². The summed E-state index contributed by atoms with van der Waals surface area (Å²) >= 11 is 15.3. The van der Waals surface area contributed by atoms with Crippen LogP contribution in [-0.2, 0) is 0 Å². The van der Waals surface area contributed by atoms with E-state index in [1.807, 2.05) is 0 Å². The molecule has 1 aromatic heterocycles. The summed E-state index contributed by atoms with van der Waals surface area (Å²) in [5.74, 6) is 0.761. The van der Waals surface area contributed by atoms with E-state index in [-0.39, 0.29) is 0 Å². The number of aromatic nitrogens is 2. The fraction of sp³-hybridized carbons (Fsp3) is 0. The van der Waals surface area contributed by atoms with Gasteiger partial charge in [0.2, 0.25) is 0 Å². The van der Waals surface area contributed by atoms with E-state index in [9.17, 15) is 0 Å². The Morgan fingerprint density at radius 3 is 2.38 bits per heavy atom. The zero-order valence-corrected chi connectivity index (χ0v) is 11.0. The summed E-state index contributed by atoms with van der Waals surface area (Å²) in [6.45, 7) is 0. The summed E-state index contributed by atoms with van der Waals surface area (Å²) in [6, 6.07) is 5.21. The van der Waals surface area contributed by atoms with E-state index in [4.69, 9.17) is 28.9 Å². The number of nitrogens with zero attached hydrogens (tertiary/aromatic N) is 2. The third-order valence-electron chi connectivity index (χ3n) is 1.96. The molecular formula is C10H6BrCl2N3. The molecule has 2 N–H and O–H groups in total. The normalized spacial score (nSPS) is 10.4. The van der Waals surface area contributed by atoms with Crippen molar-refractivity contribution in [1.82, 2.24) is 9.97 Å². The zero-order chi connectivity index (χ0) is 11.7. The molecule has 1 aromatic carbocycles. The molecule has 0 atom stereocenters. The number of benzene rings is 1. The van der Waals surface area contributed by atoms with Crippen molar-refractivity contribution in [2.45, 2.75) is 0 Å². The van der Waals surface area contributed by atoms with Crippen molar-refractivity contribution in [3.63, 3.8) is 0 Å². The van der Waals surface area contributed by atoms with Gasteiger partial charge in [0, 0.05) is 6.20 Å². The van der Waals surface area contributed by atoms with E-state index in [0.29, 0.717) is 31.7 Å². The lowest BCUT2D eigenvalue weighted by Gasteiger charge is -2.06. The van der Waals surface area contributed by atoms with Crippen molar-refractivity contribution in [3.05, 3.63) is 38.9 Å². The lowest BCUT2D eigenvalue weighted by atomic mass is 10.2. The molecule has 0 spiro atoms. The molecule has 0 aliphatic carbocycles. The molecule has 6 heteroatoms. The SMILES string of the molecule is Nc1nc(-c2c(Cl)cccc2Cl)ncc1Br. The number of nitrogen functional groups attached to an aromatic ring is 1. The van der Waals surface area contributed by atoms with Crippen LogP contribution in [0.1, 0.15) is 0 Å². The van der Waals surface area contributed by atoms with Crippen molar-refractivity contribution in [1.29, 1.82) is 0 Å². The summed E-state index contributed by atoms with van der Waals surface area (Å²) in [7, 11) is 0. The smallest absolute Gasteiger partial charge is 0.164 e. The summed E-state index contributed by atoms with van der Waals surface area (Å²) in [5, 5.41) is 0.989. The number of rotatable bonds is 1. The van der Waals surface area contributed by atoms with Crippen LogP contribution in [0.4, 0.5) is 5.82 Å². The third-order valence-corrected chi connectivity index (χ3v) is 3.20. The lowest BCUT2D eigenvalue weighted by molar-refractivity contribution is 1.17. The highest BCUT2D eigenvalue weighted by Gasteiger charge is 2.12. The fourth-order valence-electron chi connectivity index (χ4n) is 1.21. The van der Waals surface area contributed by atoms with Crippen LogP contribution in [0, 0.1) is 0 Å². The maximum Gasteiger partial charge on any atom is 0.164 e. The topological polar surface area (TPSA) is 51.8 Å². The van der Waals surface area contributed by atoms with Crippen LogP contribution >= 0.6 is 39.1 Å². The maximum atomic E-state index is 6.04. The van der Waals surface area contributed by atoms with Gasteiger partial charge in [-0.3, -0.25) is 0 Å². The quantitative estimate of drug-likeness (QED) is 0.870. The first-order valence-electron chi connectivity index (χ1n) is 4.32. The maximum absolute atomic E-state index is 6.04. The van der Waals surface area contributed by atoms with Crippen LogP contribution in [-0.4, -0.2) is 9.97 Å². The second-order valence-corrected chi connectivity index (χ2v) is 4.69. The minimum absolute atomic E-state index is 0.348. The number of anilines is 1. The Morgan fingerprint density at radius 1 is 1.19 bits per heavy atom. The molecule has 1 heterocycles. The Bertz CT molecular complexity index is 525. The largest absolute Gasteiger partial charge is 0.383 e. The van der Waals surface area contributed by atoms with E-state index in [2.05, 4.69) is 25.9 Å². The average molecular weight is 319 g/mol. The van der Waals surface area contributed by atoms with Crippen molar-refractivity contribution in [2.75, 3.05) is 5.73 Å². The second kappa shape index (κ2) is 4.57. The van der Waals surface area contributed by atoms with Crippen molar-refractivity contribution in [2.24, 2.45) is 0 Å². The first-order valence-corrected chi connectivity index (χ1v) is 5.87. The van der Waals surface area contributed by atoms with Crippen molar-refractivity contribution < 1.29 is 0 Å². The van der Waals surface area contributed by atoms with E-state index in [1.54, 1.807) is 24.4 Å². The van der Waals surface area contributed by atoms with Gasteiger partial charge in [-0.2, -0.15) is 0 Å². The predicted molar refractivity (Wildman–Crippen MR) is 69.6 cm³/mol. The number of hydrogen-bond acceptors (Lipinski definition) is 3. The molecule has 0 fully saturated rings. The minimum atomic E-state index is 0.348. The van der Waals surface area contributed by atoms with Crippen LogP contribution < -0.4 is 5.73 Å². The molecular weight excluding hydrogens is 313 g/mol. The van der Waals surface area contributed by atoms with Gasteiger partial charge in [0.05, 0.1) is 20.1 Å². The standard InChI is InChI=1S/C10H6BrCl2N3/c11-5-4-15-10(16-9(5)14)8-6(12)2-1-3-7(8)13/h1-4H,(H2,14,15,16). The van der Waals surface area contributed by atoms with E-state index < -0.39 is 0 Å². The van der Waals surface area contributed by atoms with Crippen LogP contribution in [0.5, 0.6) is 0 Å². The van der Waals surface area contributed by atoms with E-state index in [0.717, 1.165) is 0 Å². The molecule has 0 aliphatic heterocycles. The van der Waals surface area contributed by atoms with Crippen LogP contribution in [0.2, 0.25) is 10.0 Å². The van der Waals surface area contributed by atoms with Gasteiger partial charge in [-0.1, -0.05) is 29.3 Å². The van der Waals surface area contributed by atoms with Crippen LogP contribution in [0.3, 0.4) is 0 Å². The average Bonchev–Trinajstić information content (AvgIpc) is 2.23. The van der Waals surface area contributed by atoms with E-state index in [1.165, 1.54) is 0 Å². The first-order chi connectivity index (χ1) is 7.59. The van der Waals surface area contributed by atoms with Gasteiger partial charge < -0.3 is 5.73 Å². The summed E-state index contributed by atoms with van der Waals surface area (Å²) in [5.41, 5.74) is 6.26. The summed E-state index contributed by atoms with van der Waals surface area (Å²) < 4.78 is 0.638. The fourth-order valence-corrected chi connectivity index (χ4v) is 1.97. The molecule has 0 saturated heterocycles. The van der Waals surface area contributed by atoms with Crippen LogP contribution in [0.15, 0.2) is 28.9 Å². The molecule has 0 bridgehead atoms. The second-order valence-electron chi connectivity index (χ2n) is 3.02. The molecule has 0 radical (unpaired) electrons. The Kier molecular flexibility index (Phi) is 3.33. The Labute approximate surface area is 111 Å². The van der Waals surface area contributed by atoms with E-state index >= 15 is 0 Å². The van der Waals surface area contributed by atoms with Gasteiger partial charge >= 0.3 is 0 Å². The van der Waals surface area contributed by atoms with Gasteiger partial charge in [0.1, 0.15) is 5.82 Å². The monoisotopic (exact) mass is 317 g/mol. The molecule has 3 nitrogen and oxygen atoms in total. The number of halogens is 3. The van der Waals surface area contributed by atoms with Gasteiger partial charge in [-0.05, 0) is 28.1 Å². The highest BCUT2D eigenvalue weighted by Crippen LogP contribution is 2.33. The summed E-state index contributed by atoms with van der Waals surface area (Å²) in [4.78, 5) is 8.24. The third kappa shape index (κ3) is 2.14. The zero-order valence-electron chi connectivity index (χ0n) is 7.92. The molecule has 0 aliphatic rings. The molecule has 2 rings (SSSR count). The minimum Gasteiger partial charge on any atom is -0.383 e. The van der Waals surface area contributed by atoms with Crippen molar-refractivity contribution >= 4 is 44.9 Å². The Hall–Kier alpha value is -0.840. The molecule has 82 valence electrons. The van der Waals surface area contributed by atoms with Gasteiger partial charge in [0.25, 0.3) is 0 Å². The van der Waals surface area contributed by atoms with Gasteiger partial charge in [-0.25, -0.2) is 9.97 Å². The van der Waals surface area contributed by atoms with Crippen molar-refractivity contribution in [3.8, 4) is 11.4 Å². The predicted octanol–water partition coefficient (Wildman–Crippen LogP) is 3.80. The lowest BCUT2D eigenvalue weighted by Crippen LogP contribution is -1.97. The Balaban J connectivity index is 2.63. The molecule has 0 saturated carbocycles. The number of hydrogen-bond donors (Lipinski definition) is 1. The van der Waals surface area contributed by atoms with Gasteiger partial charge in [0.15, 0.2) is 5.82 Å². The number of nitrogens with two attached hydrogens (primary N) is 1. The molecule has 0 unspecified atom stereocenters. The first kappa shape index (κ1) is 11.6. The molecule has 2 aromatic rings. The van der Waals surface area contributed by atoms with Gasteiger partial charge in [-0.15, -0.1) is 0 Å².